The number of aromatic hydroxyl groups is 4. The van der Waals surface area contributed by atoms with Crippen LogP contribution in [-0.2, 0) is 9.47 Å². The Hall–Kier alpha value is -5.90. The van der Waals surface area contributed by atoms with Crippen molar-refractivity contribution in [2.45, 2.75) is 75.3 Å². The molecule has 33 heteroatoms. The molecule has 409 valence electrons. The number of halogens is 1. The molecule has 2 aliphatic heterocycles. The van der Waals surface area contributed by atoms with Gasteiger partial charge in [0.1, 0.15) is 71.5 Å². The number of fused-ring (bicyclic) bond motifs is 4. The van der Waals surface area contributed by atoms with Gasteiger partial charge in [0.25, 0.3) is 0 Å². The maximum atomic E-state index is 14.4. The summed E-state index contributed by atoms with van der Waals surface area (Å²) >= 11 is -2.70. The Morgan fingerprint density at radius 1 is 0.545 bits per heavy atom. The smallest absolute Gasteiger partial charge is 0.867 e. The molecule has 0 amide bonds. The zero-order valence-electron chi connectivity index (χ0n) is 39.0. The first-order valence-electron chi connectivity index (χ1n) is 21.0. The Morgan fingerprint density at radius 3 is 1.17 bits per heavy atom. The molecule has 10 atom stereocenters. The third-order valence-corrected chi connectivity index (χ3v) is 13.2. The summed E-state index contributed by atoms with van der Waals surface area (Å²) in [6.07, 6.45) is -20.9. The van der Waals surface area contributed by atoms with Gasteiger partial charge in [-0.3, -0.25) is 19.2 Å². The standard InChI is InChI=1S/2C22H20O14.Al.Ca.ClH.2H2O/c2*1-4-8-5(2-6(24)9(4)21(33)34)12(25)10-11(14(8)27)16(29)20(18(31)15(10)28)36-22-19(32)17(30)13(26)7(3-23)35-22;;;;;/h2*2,7,13,17,19,22-24,26,28-32H,3H2,1H3,(H,33,34);;;1H;2*1H2/q;;2*+2;;;/p-4/t2*7-,13-,17+,19-,22-;;;;;/m11...../s1. The molecule has 0 unspecified atom stereocenters. The molecule has 18 N–H and O–H groups in total. The third kappa shape index (κ3) is 10.0. The number of phenolic OH excluding ortho intramolecular Hbond substituents is 2. The minimum atomic E-state index is -2.70. The zero-order valence-corrected chi connectivity index (χ0v) is 43.2. The second-order valence-electron chi connectivity index (χ2n) is 16.7. The molecule has 4 aromatic rings. The number of benzene rings is 4. The van der Waals surface area contributed by atoms with Crippen LogP contribution in [0, 0.1) is 13.8 Å². The van der Waals surface area contributed by atoms with Gasteiger partial charge in [0.2, 0.25) is 12.6 Å². The summed E-state index contributed by atoms with van der Waals surface area (Å²) in [5.41, 5.74) is -10.5. The van der Waals surface area contributed by atoms with Crippen molar-refractivity contribution in [2.75, 3.05) is 13.2 Å². The predicted octanol–water partition coefficient (Wildman–Crippen LogP) is -6.04. The molecule has 4 aliphatic rings. The number of ketones is 4. The van der Waals surface area contributed by atoms with Crippen LogP contribution in [0.3, 0.4) is 0 Å². The van der Waals surface area contributed by atoms with Crippen LogP contribution in [-0.4, -0.2) is 246 Å². The van der Waals surface area contributed by atoms with Gasteiger partial charge in [0, 0.05) is 22.3 Å². The van der Waals surface area contributed by atoms with E-state index in [0.717, 1.165) is 13.8 Å². The average molecular weight is 1150 g/mol. The van der Waals surface area contributed by atoms with Gasteiger partial charge >= 0.3 is 65.6 Å². The van der Waals surface area contributed by atoms with Crippen LogP contribution in [0.4, 0.5) is 0 Å². The molecule has 8 rings (SSSR count). The number of carboxylic acids is 2. The average Bonchev–Trinajstić information content (AvgIpc) is 3.32. The van der Waals surface area contributed by atoms with Crippen molar-refractivity contribution in [3.05, 3.63) is 78.9 Å². The quantitative estimate of drug-likeness (QED) is 0.0507. The van der Waals surface area contributed by atoms with E-state index in [0.29, 0.717) is 12.1 Å². The predicted molar refractivity (Wildman–Crippen MR) is 244 cm³/mol. The van der Waals surface area contributed by atoms with Crippen molar-refractivity contribution in [3.63, 3.8) is 0 Å². The summed E-state index contributed by atoms with van der Waals surface area (Å²) in [5.74, 6) is -23.4. The molecule has 0 spiro atoms. The first-order chi connectivity index (χ1) is 34.3. The number of phenols is 4. The van der Waals surface area contributed by atoms with E-state index in [1.165, 1.54) is 0 Å². The van der Waals surface area contributed by atoms with Crippen molar-refractivity contribution >= 4 is 101 Å². The van der Waals surface area contributed by atoms with Gasteiger partial charge in [-0.25, -0.2) is 9.59 Å². The Balaban J connectivity index is 0.00000320. The van der Waals surface area contributed by atoms with Crippen LogP contribution in [0.25, 0.3) is 0 Å². The fourth-order valence-corrected chi connectivity index (χ4v) is 9.63. The first-order valence-corrected chi connectivity index (χ1v) is 21.9. The monoisotopic (exact) mass is 1150 g/mol. The zero-order chi connectivity index (χ0) is 53.7. The number of hydrogen-bond donors (Lipinski definition) is 14. The van der Waals surface area contributed by atoms with Gasteiger partial charge in [0.15, 0.2) is 46.1 Å². The van der Waals surface area contributed by atoms with Crippen molar-refractivity contribution in [2.24, 2.45) is 0 Å². The Labute approximate surface area is 471 Å². The van der Waals surface area contributed by atoms with Gasteiger partial charge in [0.05, 0.1) is 47.0 Å². The van der Waals surface area contributed by atoms with Crippen LogP contribution in [0.1, 0.15) is 95.5 Å². The SMILES string of the molecule is Cc1c(C(=O)O)c(O)cc2c1C(=O)c1c(O)c(O[C@H]3O[C@H](CO)[C@@H](O)[C@H](O)[C@H]3O)c([O-])c([O][Al][O]c3c([O-])c(O[C@H]4O[C@H](CO)[C@@H](O)[C@H](O)[C@H]4O)c(O)c4c3C(=O)c3cc(O)c(C(=O)O)c(C)c3C4=O)c1C2=O.Cl.O.O.[Ca+2]. The van der Waals surface area contributed by atoms with E-state index in [-0.39, 0.29) is 61.1 Å². The van der Waals surface area contributed by atoms with Crippen LogP contribution in [0.5, 0.6) is 57.5 Å². The van der Waals surface area contributed by atoms with E-state index in [9.17, 15) is 110 Å². The normalized spacial score (nSPS) is 23.9. The number of rotatable bonds is 12. The fourth-order valence-electron chi connectivity index (χ4n) is 8.94. The molecule has 30 nitrogen and oxygen atoms in total. The van der Waals surface area contributed by atoms with Gasteiger partial charge in [-0.1, -0.05) is 0 Å². The van der Waals surface area contributed by atoms with Crippen LogP contribution in [0.15, 0.2) is 12.1 Å². The second kappa shape index (κ2) is 23.6. The molecule has 2 aliphatic carbocycles. The van der Waals surface area contributed by atoms with Gasteiger partial charge < -0.3 is 119 Å². The molecule has 0 aromatic heterocycles. The van der Waals surface area contributed by atoms with Crippen molar-refractivity contribution < 1.29 is 148 Å². The number of hydrogen-bond acceptors (Lipinski definition) is 26. The number of carboxylic acid groups (broad SMARTS) is 2. The Bertz CT molecular complexity index is 2910. The maximum absolute atomic E-state index is 14.4. The summed E-state index contributed by atoms with van der Waals surface area (Å²) < 4.78 is 32.7. The second-order valence-corrected chi connectivity index (χ2v) is 17.4. The third-order valence-electron chi connectivity index (χ3n) is 12.6. The fraction of sp³-hybridized carbons (Fsp3) is 0.318. The van der Waals surface area contributed by atoms with Crippen molar-refractivity contribution in [3.8, 4) is 57.5 Å². The van der Waals surface area contributed by atoms with E-state index in [2.05, 4.69) is 0 Å². The number of aliphatic hydroxyl groups is 8. The van der Waals surface area contributed by atoms with Gasteiger partial charge in [-0.05, 0) is 48.6 Å². The Kier molecular flexibility index (Phi) is 19.5. The number of carbonyl (C=O) groups is 6. The van der Waals surface area contributed by atoms with E-state index in [1.54, 1.807) is 0 Å². The largest absolute Gasteiger partial charge is 2.00 e. The molecule has 2 heterocycles. The van der Waals surface area contributed by atoms with E-state index >= 15 is 0 Å². The van der Waals surface area contributed by atoms with E-state index in [1.807, 2.05) is 0 Å². The molecular formula is C44H41AlCaClO30. The minimum Gasteiger partial charge on any atom is -0.867 e. The van der Waals surface area contributed by atoms with Gasteiger partial charge in [-0.15, -0.1) is 12.4 Å². The van der Waals surface area contributed by atoms with E-state index in [4.69, 9.17) is 26.5 Å². The molecule has 77 heavy (non-hydrogen) atoms. The maximum Gasteiger partial charge on any atom is 2.00 e. The first kappa shape index (κ1) is 63.6. The number of carbonyl (C=O) groups excluding carboxylic acids is 4. The molecule has 0 bridgehead atoms. The van der Waals surface area contributed by atoms with E-state index < -0.39 is 250 Å². The molecule has 2 fully saturated rings. The molecule has 0 saturated carbocycles. The molecule has 1 radical (unpaired) electrons. The van der Waals surface area contributed by atoms with Crippen LogP contribution < -0.4 is 27.3 Å². The van der Waals surface area contributed by atoms with Crippen LogP contribution >= 0.6 is 12.4 Å². The van der Waals surface area contributed by atoms with Crippen molar-refractivity contribution in [1.29, 1.82) is 0 Å². The summed E-state index contributed by atoms with van der Waals surface area (Å²) in [6.45, 7) is -0.0668. The van der Waals surface area contributed by atoms with Gasteiger partial charge in [-0.2, -0.15) is 0 Å². The summed E-state index contributed by atoms with van der Waals surface area (Å²) in [6, 6.07) is 1.09. The van der Waals surface area contributed by atoms with Crippen molar-refractivity contribution in [1.82, 2.24) is 0 Å². The molecular weight excluding hydrogens is 1110 g/mol. The number of ether oxygens (including phenoxy) is 4. The minimum absolute atomic E-state index is 0. The summed E-state index contributed by atoms with van der Waals surface area (Å²) in [7, 11) is 0. The number of aromatic carboxylic acids is 2. The topological polar surface area (TPSA) is 550 Å². The Morgan fingerprint density at radius 2 is 0.870 bits per heavy atom. The van der Waals surface area contributed by atoms with Crippen LogP contribution in [0.2, 0.25) is 0 Å². The summed E-state index contributed by atoms with van der Waals surface area (Å²) in [4.78, 5) is 81.7. The number of aliphatic hydroxyl groups excluding tert-OH is 8. The molecule has 2 saturated heterocycles. The summed E-state index contributed by atoms with van der Waals surface area (Å²) in [5, 5.41) is 175. The molecule has 4 aromatic carbocycles.